The predicted octanol–water partition coefficient (Wildman–Crippen LogP) is 4.49. The molecule has 1 N–H and O–H groups in total. The van der Waals surface area contributed by atoms with E-state index in [0.717, 1.165) is 23.1 Å². The van der Waals surface area contributed by atoms with Gasteiger partial charge in [0.2, 0.25) is 5.91 Å². The van der Waals surface area contributed by atoms with Crippen LogP contribution in [-0.2, 0) is 11.2 Å². The van der Waals surface area contributed by atoms with E-state index < -0.39 is 5.41 Å². The topological polar surface area (TPSA) is 62.3 Å². The zero-order valence-corrected chi connectivity index (χ0v) is 18.8. The highest BCUT2D eigenvalue weighted by atomic mass is 19.1. The lowest BCUT2D eigenvalue weighted by Gasteiger charge is -2.42. The summed E-state index contributed by atoms with van der Waals surface area (Å²) in [6.45, 7) is 3.40. The first-order chi connectivity index (χ1) is 16.0. The van der Waals surface area contributed by atoms with Crippen LogP contribution in [0.3, 0.4) is 0 Å². The molecule has 0 bridgehead atoms. The molecular formula is C27H28FN3O2. The molecule has 1 saturated heterocycles. The SMILES string of the molecule is CCNC(=O)[C@]1(Cc2cccc(-c3cccc(F)c3)c2)CCCN(C(=O)c2ccncc2)C1. The fraction of sp³-hybridized carbons (Fsp3) is 0.296. The summed E-state index contributed by atoms with van der Waals surface area (Å²) >= 11 is 0. The first-order valence-electron chi connectivity index (χ1n) is 11.3. The minimum Gasteiger partial charge on any atom is -0.356 e. The molecule has 1 aromatic heterocycles. The Labute approximate surface area is 193 Å². The third-order valence-electron chi connectivity index (χ3n) is 6.24. The van der Waals surface area contributed by atoms with Gasteiger partial charge in [0.25, 0.3) is 5.91 Å². The van der Waals surface area contributed by atoms with Gasteiger partial charge in [0.05, 0.1) is 5.41 Å². The van der Waals surface area contributed by atoms with Gasteiger partial charge in [-0.15, -0.1) is 0 Å². The van der Waals surface area contributed by atoms with Crippen LogP contribution in [0.15, 0.2) is 73.1 Å². The van der Waals surface area contributed by atoms with Gasteiger partial charge in [-0.3, -0.25) is 14.6 Å². The Morgan fingerprint density at radius 3 is 2.52 bits per heavy atom. The molecule has 0 aliphatic carbocycles. The second-order valence-electron chi connectivity index (χ2n) is 8.59. The minimum absolute atomic E-state index is 0.0339. The maximum atomic E-state index is 13.7. The Hall–Kier alpha value is -3.54. The van der Waals surface area contributed by atoms with Crippen molar-refractivity contribution in [3.63, 3.8) is 0 Å². The largest absolute Gasteiger partial charge is 0.356 e. The Bertz CT molecular complexity index is 1130. The van der Waals surface area contributed by atoms with E-state index >= 15 is 0 Å². The molecule has 1 aliphatic heterocycles. The molecule has 2 aromatic carbocycles. The highest BCUT2D eigenvalue weighted by Gasteiger charge is 2.43. The highest BCUT2D eigenvalue weighted by molar-refractivity contribution is 5.95. The van der Waals surface area contributed by atoms with E-state index in [9.17, 15) is 14.0 Å². The number of carbonyl (C=O) groups is 2. The van der Waals surface area contributed by atoms with Crippen molar-refractivity contribution in [2.75, 3.05) is 19.6 Å². The Morgan fingerprint density at radius 2 is 1.79 bits per heavy atom. The summed E-state index contributed by atoms with van der Waals surface area (Å²) in [5.74, 6) is -0.401. The number of benzene rings is 2. The second-order valence-corrected chi connectivity index (χ2v) is 8.59. The van der Waals surface area contributed by atoms with Crippen LogP contribution in [0.5, 0.6) is 0 Å². The average molecular weight is 446 g/mol. The molecule has 1 aliphatic rings. The molecule has 4 rings (SSSR count). The van der Waals surface area contributed by atoms with E-state index in [0.29, 0.717) is 38.0 Å². The Kier molecular flexibility index (Phi) is 6.82. The average Bonchev–Trinajstić information content (AvgIpc) is 2.84. The summed E-state index contributed by atoms with van der Waals surface area (Å²) < 4.78 is 13.7. The van der Waals surface area contributed by atoms with Crippen LogP contribution < -0.4 is 5.32 Å². The monoisotopic (exact) mass is 445 g/mol. The van der Waals surface area contributed by atoms with E-state index in [4.69, 9.17) is 0 Å². The summed E-state index contributed by atoms with van der Waals surface area (Å²) in [7, 11) is 0. The number of hydrogen-bond acceptors (Lipinski definition) is 3. The van der Waals surface area contributed by atoms with Gasteiger partial charge in [0.15, 0.2) is 0 Å². The van der Waals surface area contributed by atoms with Crippen molar-refractivity contribution in [1.82, 2.24) is 15.2 Å². The van der Waals surface area contributed by atoms with E-state index in [1.807, 2.05) is 37.3 Å². The fourth-order valence-electron chi connectivity index (χ4n) is 4.66. The predicted molar refractivity (Wildman–Crippen MR) is 126 cm³/mol. The normalized spacial score (nSPS) is 18.1. The van der Waals surface area contributed by atoms with Gasteiger partial charge in [-0.25, -0.2) is 4.39 Å². The number of rotatable bonds is 6. The standard InChI is InChI=1S/C27H28FN3O2/c1-2-30-26(33)27(12-5-15-31(19-27)25(32)21-10-13-29-14-11-21)18-20-6-3-7-22(16-20)23-8-4-9-24(28)17-23/h3-4,6-11,13-14,16-17H,2,5,12,15,18-19H2,1H3,(H,30,33)/t27-/m0/s1. The number of hydrogen-bond donors (Lipinski definition) is 1. The van der Waals surface area contributed by atoms with Gasteiger partial charge in [-0.05, 0) is 67.1 Å². The number of piperidine rings is 1. The van der Waals surface area contributed by atoms with E-state index in [1.54, 1.807) is 35.5 Å². The number of carbonyl (C=O) groups excluding carboxylic acids is 2. The van der Waals surface area contributed by atoms with Crippen LogP contribution in [0, 0.1) is 11.2 Å². The van der Waals surface area contributed by atoms with Crippen molar-refractivity contribution in [2.45, 2.75) is 26.2 Å². The van der Waals surface area contributed by atoms with E-state index in [-0.39, 0.29) is 17.6 Å². The van der Waals surface area contributed by atoms with Crippen LogP contribution in [0.1, 0.15) is 35.7 Å². The Morgan fingerprint density at radius 1 is 1.06 bits per heavy atom. The molecule has 1 atom stereocenters. The molecular weight excluding hydrogens is 417 g/mol. The van der Waals surface area contributed by atoms with Crippen molar-refractivity contribution in [3.05, 3.63) is 90.0 Å². The number of nitrogens with one attached hydrogen (secondary N) is 1. The van der Waals surface area contributed by atoms with Gasteiger partial charge in [0.1, 0.15) is 5.82 Å². The zero-order valence-electron chi connectivity index (χ0n) is 18.8. The number of aromatic nitrogens is 1. The molecule has 0 saturated carbocycles. The van der Waals surface area contributed by atoms with Gasteiger partial charge in [-0.2, -0.15) is 0 Å². The molecule has 2 heterocycles. The number of halogens is 1. The first kappa shape index (κ1) is 22.6. The summed E-state index contributed by atoms with van der Waals surface area (Å²) in [4.78, 5) is 32.2. The van der Waals surface area contributed by atoms with Crippen molar-refractivity contribution in [1.29, 1.82) is 0 Å². The van der Waals surface area contributed by atoms with Crippen molar-refractivity contribution in [3.8, 4) is 11.1 Å². The first-order valence-corrected chi connectivity index (χ1v) is 11.3. The molecule has 33 heavy (non-hydrogen) atoms. The van der Waals surface area contributed by atoms with Crippen LogP contribution in [-0.4, -0.2) is 41.3 Å². The second kappa shape index (κ2) is 9.94. The van der Waals surface area contributed by atoms with E-state index in [2.05, 4.69) is 10.3 Å². The summed E-state index contributed by atoms with van der Waals surface area (Å²) in [5.41, 5.74) is 2.53. The van der Waals surface area contributed by atoms with E-state index in [1.165, 1.54) is 12.1 Å². The Balaban J connectivity index is 1.63. The third kappa shape index (κ3) is 5.11. The fourth-order valence-corrected chi connectivity index (χ4v) is 4.66. The summed E-state index contributed by atoms with van der Waals surface area (Å²) in [6, 6.07) is 17.8. The third-order valence-corrected chi connectivity index (χ3v) is 6.24. The molecule has 6 heteroatoms. The minimum atomic E-state index is -0.725. The zero-order chi connectivity index (χ0) is 23.3. The van der Waals surface area contributed by atoms with Gasteiger partial charge in [0, 0.05) is 37.6 Å². The molecule has 0 radical (unpaired) electrons. The van der Waals surface area contributed by atoms with Crippen LogP contribution >= 0.6 is 0 Å². The maximum Gasteiger partial charge on any atom is 0.253 e. The molecule has 3 aromatic rings. The van der Waals surface area contributed by atoms with Gasteiger partial charge < -0.3 is 10.2 Å². The molecule has 170 valence electrons. The van der Waals surface area contributed by atoms with Gasteiger partial charge >= 0.3 is 0 Å². The smallest absolute Gasteiger partial charge is 0.253 e. The highest BCUT2D eigenvalue weighted by Crippen LogP contribution is 2.36. The van der Waals surface area contributed by atoms with Crippen LogP contribution in [0.4, 0.5) is 4.39 Å². The lowest BCUT2D eigenvalue weighted by Crippen LogP contribution is -2.54. The summed E-state index contributed by atoms with van der Waals surface area (Å²) in [6.07, 6.45) is 5.15. The molecule has 2 amide bonds. The molecule has 5 nitrogen and oxygen atoms in total. The lowest BCUT2D eigenvalue weighted by molar-refractivity contribution is -0.133. The van der Waals surface area contributed by atoms with Crippen LogP contribution in [0.25, 0.3) is 11.1 Å². The molecule has 0 unspecified atom stereocenters. The number of amides is 2. The van der Waals surface area contributed by atoms with Crippen molar-refractivity contribution in [2.24, 2.45) is 5.41 Å². The van der Waals surface area contributed by atoms with Crippen molar-refractivity contribution < 1.29 is 14.0 Å². The number of nitrogens with zero attached hydrogens (tertiary/aromatic N) is 2. The number of likely N-dealkylation sites (tertiary alicyclic amines) is 1. The molecule has 0 spiro atoms. The number of pyridine rings is 1. The quantitative estimate of drug-likeness (QED) is 0.608. The molecule has 1 fully saturated rings. The van der Waals surface area contributed by atoms with Crippen LogP contribution in [0.2, 0.25) is 0 Å². The van der Waals surface area contributed by atoms with Crippen molar-refractivity contribution >= 4 is 11.8 Å². The lowest BCUT2D eigenvalue weighted by atomic mass is 9.73. The maximum absolute atomic E-state index is 13.7. The van der Waals surface area contributed by atoms with Gasteiger partial charge in [-0.1, -0.05) is 36.4 Å². The summed E-state index contributed by atoms with van der Waals surface area (Å²) in [5, 5.41) is 2.99.